The fourth-order valence-electron chi connectivity index (χ4n) is 2.21. The Morgan fingerprint density at radius 3 is 2.91 bits per heavy atom. The van der Waals surface area contributed by atoms with E-state index in [9.17, 15) is 9.18 Å². The largest absolute Gasteiger partial charge is 0.354 e. The second-order valence-electron chi connectivity index (χ2n) is 5.17. The lowest BCUT2D eigenvalue weighted by Gasteiger charge is -2.17. The second kappa shape index (κ2) is 7.63. The number of hydrogen-bond acceptors (Lipinski definition) is 4. The number of unbranched alkanes of at least 4 members (excludes halogenated alkanes) is 1. The molecule has 1 N–H and O–H groups in total. The lowest BCUT2D eigenvalue weighted by atomic mass is 10.0. The average Bonchev–Trinajstić information content (AvgIpc) is 2.91. The molecule has 2 aromatic rings. The first-order valence-electron chi connectivity index (χ1n) is 7.38. The summed E-state index contributed by atoms with van der Waals surface area (Å²) in [5, 5.41) is 14.2. The molecule has 1 aromatic heterocycles. The Morgan fingerprint density at radius 2 is 2.27 bits per heavy atom. The van der Waals surface area contributed by atoms with Crippen molar-refractivity contribution in [2.45, 2.75) is 39.2 Å². The summed E-state index contributed by atoms with van der Waals surface area (Å²) in [7, 11) is 0. The van der Waals surface area contributed by atoms with Crippen LogP contribution in [0.25, 0.3) is 0 Å². The summed E-state index contributed by atoms with van der Waals surface area (Å²) in [5.74, 6) is 0.0660. The van der Waals surface area contributed by atoms with Crippen LogP contribution in [0.1, 0.15) is 37.2 Å². The quantitative estimate of drug-likeness (QED) is 0.792. The molecule has 1 unspecified atom stereocenters. The van der Waals surface area contributed by atoms with Crippen LogP contribution in [0.3, 0.4) is 0 Å². The number of nitrogens with zero attached hydrogens (tertiary/aromatic N) is 4. The number of rotatable bonds is 7. The first-order valence-corrected chi connectivity index (χ1v) is 7.38. The van der Waals surface area contributed by atoms with E-state index in [1.54, 1.807) is 19.1 Å². The van der Waals surface area contributed by atoms with Crippen molar-refractivity contribution in [3.8, 4) is 0 Å². The lowest BCUT2D eigenvalue weighted by molar-refractivity contribution is -0.124. The number of hydrogen-bond donors (Lipinski definition) is 1. The van der Waals surface area contributed by atoms with Gasteiger partial charge in [0.15, 0.2) is 0 Å². The molecule has 0 spiro atoms. The Hall–Kier alpha value is -2.31. The van der Waals surface area contributed by atoms with Gasteiger partial charge in [0.1, 0.15) is 17.7 Å². The first-order chi connectivity index (χ1) is 10.6. The van der Waals surface area contributed by atoms with E-state index in [0.717, 1.165) is 18.4 Å². The SMILES string of the molecule is CCCCNC(=O)C(Cc1cccc(F)c1)n1nnnc1C. The molecule has 0 aliphatic carbocycles. The Labute approximate surface area is 128 Å². The van der Waals surface area contributed by atoms with E-state index in [0.29, 0.717) is 18.8 Å². The predicted octanol–water partition coefficient (Wildman–Crippen LogP) is 1.82. The summed E-state index contributed by atoms with van der Waals surface area (Å²) in [4.78, 5) is 12.4. The van der Waals surface area contributed by atoms with Crippen molar-refractivity contribution in [2.24, 2.45) is 0 Å². The third kappa shape index (κ3) is 4.09. The standard InChI is InChI=1S/C15H20FN5O/c1-3-4-8-17-15(22)14(21-11(2)18-19-20-21)10-12-6-5-7-13(16)9-12/h5-7,9,14H,3-4,8,10H2,1-2H3,(H,17,22). The van der Waals surface area contributed by atoms with Gasteiger partial charge in [0.25, 0.3) is 0 Å². The number of carbonyl (C=O) groups is 1. The van der Waals surface area contributed by atoms with Gasteiger partial charge in [0, 0.05) is 13.0 Å². The summed E-state index contributed by atoms with van der Waals surface area (Å²) in [6, 6.07) is 5.63. The first kappa shape index (κ1) is 16.1. The highest BCUT2D eigenvalue weighted by molar-refractivity contribution is 5.80. The average molecular weight is 305 g/mol. The zero-order valence-corrected chi connectivity index (χ0v) is 12.8. The highest BCUT2D eigenvalue weighted by Crippen LogP contribution is 2.16. The van der Waals surface area contributed by atoms with E-state index in [4.69, 9.17) is 0 Å². The van der Waals surface area contributed by atoms with Gasteiger partial charge in [-0.1, -0.05) is 25.5 Å². The Kier molecular flexibility index (Phi) is 5.57. The number of amides is 1. The van der Waals surface area contributed by atoms with Gasteiger partial charge in [-0.05, 0) is 41.5 Å². The fourth-order valence-corrected chi connectivity index (χ4v) is 2.21. The number of aryl methyl sites for hydroxylation is 1. The molecule has 0 aliphatic heterocycles. The third-order valence-corrected chi connectivity index (χ3v) is 3.40. The van der Waals surface area contributed by atoms with Crippen LogP contribution in [0.2, 0.25) is 0 Å². The molecule has 1 amide bonds. The summed E-state index contributed by atoms with van der Waals surface area (Å²) in [5.41, 5.74) is 0.727. The van der Waals surface area contributed by atoms with Gasteiger partial charge in [-0.3, -0.25) is 4.79 Å². The van der Waals surface area contributed by atoms with Crippen LogP contribution in [0.5, 0.6) is 0 Å². The predicted molar refractivity (Wildman–Crippen MR) is 79.6 cm³/mol. The van der Waals surface area contributed by atoms with Crippen LogP contribution in [-0.4, -0.2) is 32.7 Å². The maximum absolute atomic E-state index is 13.3. The van der Waals surface area contributed by atoms with E-state index >= 15 is 0 Å². The van der Waals surface area contributed by atoms with E-state index < -0.39 is 6.04 Å². The molecule has 6 nitrogen and oxygen atoms in total. The van der Waals surface area contributed by atoms with Crippen molar-refractivity contribution in [1.82, 2.24) is 25.5 Å². The molecule has 7 heteroatoms. The van der Waals surface area contributed by atoms with Gasteiger partial charge in [-0.15, -0.1) is 5.10 Å². The van der Waals surface area contributed by atoms with E-state index in [1.165, 1.54) is 16.8 Å². The molecule has 0 bridgehead atoms. The molecule has 0 fully saturated rings. The molecule has 1 aromatic carbocycles. The molecular formula is C15H20FN5O. The fraction of sp³-hybridized carbons (Fsp3) is 0.467. The third-order valence-electron chi connectivity index (χ3n) is 3.40. The molecule has 118 valence electrons. The van der Waals surface area contributed by atoms with Crippen molar-refractivity contribution in [3.63, 3.8) is 0 Å². The number of halogens is 1. The van der Waals surface area contributed by atoms with Crippen molar-refractivity contribution < 1.29 is 9.18 Å². The molecule has 0 saturated heterocycles. The van der Waals surface area contributed by atoms with Crippen LogP contribution in [0.4, 0.5) is 4.39 Å². The van der Waals surface area contributed by atoms with Gasteiger partial charge in [-0.2, -0.15) is 0 Å². The van der Waals surface area contributed by atoms with E-state index in [1.807, 2.05) is 0 Å². The minimum absolute atomic E-state index is 0.159. The number of benzene rings is 1. The van der Waals surface area contributed by atoms with Gasteiger partial charge in [-0.25, -0.2) is 9.07 Å². The summed E-state index contributed by atoms with van der Waals surface area (Å²) < 4.78 is 14.8. The smallest absolute Gasteiger partial charge is 0.245 e. The van der Waals surface area contributed by atoms with E-state index in [2.05, 4.69) is 27.8 Å². The maximum atomic E-state index is 13.3. The number of tetrazole rings is 1. The van der Waals surface area contributed by atoms with Gasteiger partial charge in [0.05, 0.1) is 0 Å². The summed E-state index contributed by atoms with van der Waals surface area (Å²) >= 11 is 0. The maximum Gasteiger partial charge on any atom is 0.245 e. The molecule has 1 atom stereocenters. The number of carbonyl (C=O) groups excluding carboxylic acids is 1. The highest BCUT2D eigenvalue weighted by Gasteiger charge is 2.24. The van der Waals surface area contributed by atoms with Crippen molar-refractivity contribution in [1.29, 1.82) is 0 Å². The van der Waals surface area contributed by atoms with Gasteiger partial charge in [0.2, 0.25) is 5.91 Å². The van der Waals surface area contributed by atoms with Crippen LogP contribution < -0.4 is 5.32 Å². The van der Waals surface area contributed by atoms with Crippen LogP contribution in [-0.2, 0) is 11.2 Å². The number of aromatic nitrogens is 4. The summed E-state index contributed by atoms with van der Waals surface area (Å²) in [6.07, 6.45) is 2.24. The van der Waals surface area contributed by atoms with Crippen molar-refractivity contribution >= 4 is 5.91 Å². The minimum Gasteiger partial charge on any atom is -0.354 e. The minimum atomic E-state index is -0.589. The zero-order chi connectivity index (χ0) is 15.9. The Bertz CT molecular complexity index is 628. The molecule has 0 saturated carbocycles. The highest BCUT2D eigenvalue weighted by atomic mass is 19.1. The molecule has 2 rings (SSSR count). The van der Waals surface area contributed by atoms with Gasteiger partial charge >= 0.3 is 0 Å². The molecule has 0 aliphatic rings. The Morgan fingerprint density at radius 1 is 1.45 bits per heavy atom. The molecule has 0 radical (unpaired) electrons. The summed E-state index contributed by atoms with van der Waals surface area (Å²) in [6.45, 7) is 4.40. The number of nitrogens with one attached hydrogen (secondary N) is 1. The molecule has 1 heterocycles. The Balaban J connectivity index is 2.18. The zero-order valence-electron chi connectivity index (χ0n) is 12.8. The van der Waals surface area contributed by atoms with Crippen LogP contribution in [0, 0.1) is 12.7 Å². The monoisotopic (exact) mass is 305 g/mol. The molecule has 22 heavy (non-hydrogen) atoms. The lowest BCUT2D eigenvalue weighted by Crippen LogP contribution is -2.35. The topological polar surface area (TPSA) is 72.7 Å². The van der Waals surface area contributed by atoms with Crippen LogP contribution >= 0.6 is 0 Å². The second-order valence-corrected chi connectivity index (χ2v) is 5.17. The molecular weight excluding hydrogens is 285 g/mol. The van der Waals surface area contributed by atoms with Crippen molar-refractivity contribution in [3.05, 3.63) is 41.5 Å². The van der Waals surface area contributed by atoms with E-state index in [-0.39, 0.29) is 11.7 Å². The normalized spacial score (nSPS) is 12.1. The van der Waals surface area contributed by atoms with Crippen LogP contribution in [0.15, 0.2) is 24.3 Å². The van der Waals surface area contributed by atoms with Crippen molar-refractivity contribution in [2.75, 3.05) is 6.54 Å². The van der Waals surface area contributed by atoms with Gasteiger partial charge < -0.3 is 5.32 Å².